The summed E-state index contributed by atoms with van der Waals surface area (Å²) in [7, 11) is 0. The summed E-state index contributed by atoms with van der Waals surface area (Å²) in [5.41, 5.74) is 4.30. The largest absolute Gasteiger partial charge is 0.507 e. The van der Waals surface area contributed by atoms with Crippen molar-refractivity contribution >= 4 is 44.1 Å². The lowest BCUT2D eigenvalue weighted by molar-refractivity contribution is -0.132. The molecule has 3 aromatic carbocycles. The summed E-state index contributed by atoms with van der Waals surface area (Å²) in [6.07, 6.45) is 0.897. The molecular formula is C27H22N2O3S. The Kier molecular flexibility index (Phi) is 5.30. The molecule has 0 unspecified atom stereocenters. The molecule has 1 N–H and O–H groups in total. The van der Waals surface area contributed by atoms with Crippen LogP contribution in [0.2, 0.25) is 0 Å². The number of Topliss-reactive ketones (excluding diaryl/α,β-unsaturated/α-hetero) is 1. The molecule has 1 aliphatic rings. The van der Waals surface area contributed by atoms with Gasteiger partial charge < -0.3 is 5.11 Å². The van der Waals surface area contributed by atoms with Gasteiger partial charge in [-0.2, -0.15) is 0 Å². The SMILES string of the molecule is CCc1ccc2nc(N3C(=O)C(=O)C(=C(O)c4ccc(C)cc4)[C@H]3c3ccccc3)sc2c1. The fourth-order valence-electron chi connectivity index (χ4n) is 4.13. The van der Waals surface area contributed by atoms with Crippen molar-refractivity contribution in [3.63, 3.8) is 0 Å². The standard InChI is InChI=1S/C27H22N2O3S/c1-3-17-11-14-20-21(15-17)33-27(28-20)29-23(18-7-5-4-6-8-18)22(25(31)26(29)32)24(30)19-12-9-16(2)10-13-19/h4-15,23,30H,3H2,1-2H3/t23-/m1/s1. The van der Waals surface area contributed by atoms with Crippen molar-refractivity contribution in [2.75, 3.05) is 4.90 Å². The monoisotopic (exact) mass is 454 g/mol. The molecule has 164 valence electrons. The van der Waals surface area contributed by atoms with Crippen molar-refractivity contribution in [1.82, 2.24) is 4.98 Å². The van der Waals surface area contributed by atoms with Crippen molar-refractivity contribution in [1.29, 1.82) is 0 Å². The van der Waals surface area contributed by atoms with Crippen molar-refractivity contribution in [2.45, 2.75) is 26.3 Å². The lowest BCUT2D eigenvalue weighted by atomic mass is 9.95. The van der Waals surface area contributed by atoms with Gasteiger partial charge in [-0.3, -0.25) is 14.5 Å². The summed E-state index contributed by atoms with van der Waals surface area (Å²) < 4.78 is 0.955. The number of amides is 1. The third-order valence-corrected chi connectivity index (χ3v) is 6.96. The second-order valence-corrected chi connectivity index (χ2v) is 9.11. The van der Waals surface area contributed by atoms with Gasteiger partial charge in [0.05, 0.1) is 21.8 Å². The van der Waals surface area contributed by atoms with E-state index in [9.17, 15) is 14.7 Å². The molecule has 5 nitrogen and oxygen atoms in total. The maximum atomic E-state index is 13.3. The number of ketones is 1. The van der Waals surface area contributed by atoms with Crippen LogP contribution in [0.4, 0.5) is 5.13 Å². The van der Waals surface area contributed by atoms with Crippen LogP contribution >= 0.6 is 11.3 Å². The van der Waals surface area contributed by atoms with Crippen molar-refractivity contribution in [2.24, 2.45) is 0 Å². The molecule has 1 atom stereocenters. The molecule has 0 bridgehead atoms. The summed E-state index contributed by atoms with van der Waals surface area (Å²) in [5, 5.41) is 11.6. The van der Waals surface area contributed by atoms with E-state index in [1.54, 1.807) is 12.1 Å². The van der Waals surface area contributed by atoms with Crippen molar-refractivity contribution in [3.05, 3.63) is 101 Å². The molecule has 2 heterocycles. The number of aryl methyl sites for hydroxylation is 2. The van der Waals surface area contributed by atoms with E-state index in [1.807, 2.05) is 61.5 Å². The Bertz CT molecular complexity index is 1400. The van der Waals surface area contributed by atoms with Gasteiger partial charge in [-0.25, -0.2) is 4.98 Å². The minimum absolute atomic E-state index is 0.0727. The predicted molar refractivity (Wildman–Crippen MR) is 131 cm³/mol. The number of carbonyl (C=O) groups is 2. The van der Waals surface area contributed by atoms with Crippen LogP contribution in [0.5, 0.6) is 0 Å². The molecule has 1 aliphatic heterocycles. The number of fused-ring (bicyclic) bond motifs is 1. The maximum Gasteiger partial charge on any atom is 0.301 e. The van der Waals surface area contributed by atoms with E-state index in [2.05, 4.69) is 18.0 Å². The highest BCUT2D eigenvalue weighted by atomic mass is 32.1. The van der Waals surface area contributed by atoms with Gasteiger partial charge in [0.2, 0.25) is 0 Å². The summed E-state index contributed by atoms with van der Waals surface area (Å²) in [5.74, 6) is -1.58. The number of thiazole rings is 1. The second-order valence-electron chi connectivity index (χ2n) is 8.10. The van der Waals surface area contributed by atoms with Crippen LogP contribution in [0, 0.1) is 6.92 Å². The van der Waals surface area contributed by atoms with Crippen LogP contribution in [0.3, 0.4) is 0 Å². The molecule has 0 spiro atoms. The Labute approximate surface area is 195 Å². The van der Waals surface area contributed by atoms with E-state index in [0.717, 1.165) is 27.8 Å². The van der Waals surface area contributed by atoms with E-state index in [4.69, 9.17) is 0 Å². The zero-order chi connectivity index (χ0) is 23.1. The Morgan fingerprint density at radius 2 is 1.76 bits per heavy atom. The molecule has 5 rings (SSSR count). The number of rotatable bonds is 4. The second kappa shape index (κ2) is 8.30. The number of benzene rings is 3. The number of aliphatic hydroxyl groups excluding tert-OH is 1. The van der Waals surface area contributed by atoms with Gasteiger partial charge in [-0.05, 0) is 36.6 Å². The number of aromatic nitrogens is 1. The molecular weight excluding hydrogens is 432 g/mol. The highest BCUT2D eigenvalue weighted by Crippen LogP contribution is 2.44. The molecule has 4 aromatic rings. The normalized spacial score (nSPS) is 17.8. The zero-order valence-electron chi connectivity index (χ0n) is 18.3. The van der Waals surface area contributed by atoms with E-state index < -0.39 is 17.7 Å². The number of carbonyl (C=O) groups excluding carboxylic acids is 2. The third-order valence-electron chi connectivity index (χ3n) is 5.94. The first kappa shape index (κ1) is 21.1. The quantitative estimate of drug-likeness (QED) is 0.241. The van der Waals surface area contributed by atoms with Crippen molar-refractivity contribution < 1.29 is 14.7 Å². The smallest absolute Gasteiger partial charge is 0.301 e. The van der Waals surface area contributed by atoms with Crippen molar-refractivity contribution in [3.8, 4) is 0 Å². The lowest BCUT2D eigenvalue weighted by Crippen LogP contribution is -2.29. The molecule has 1 amide bonds. The van der Waals surface area contributed by atoms with Crippen LogP contribution in [0.1, 0.15) is 35.2 Å². The third kappa shape index (κ3) is 3.62. The van der Waals surface area contributed by atoms with Gasteiger partial charge in [0, 0.05) is 5.56 Å². The first-order valence-electron chi connectivity index (χ1n) is 10.8. The fraction of sp³-hybridized carbons (Fsp3) is 0.148. The maximum absolute atomic E-state index is 13.3. The topological polar surface area (TPSA) is 70.5 Å². The van der Waals surface area contributed by atoms with Gasteiger partial charge >= 0.3 is 5.91 Å². The molecule has 1 fully saturated rings. The minimum atomic E-state index is -0.765. The van der Waals surface area contributed by atoms with E-state index >= 15 is 0 Å². The van der Waals surface area contributed by atoms with Gasteiger partial charge in [0.25, 0.3) is 5.78 Å². The number of hydrogen-bond donors (Lipinski definition) is 1. The Morgan fingerprint density at radius 3 is 2.45 bits per heavy atom. The van der Waals surface area contributed by atoms with E-state index in [0.29, 0.717) is 10.7 Å². The van der Waals surface area contributed by atoms with Crippen LogP contribution in [-0.4, -0.2) is 21.8 Å². The summed E-state index contributed by atoms with van der Waals surface area (Å²) in [6.45, 7) is 4.03. The summed E-state index contributed by atoms with van der Waals surface area (Å²) in [4.78, 5) is 32.6. The molecule has 0 aliphatic carbocycles. The highest BCUT2D eigenvalue weighted by Gasteiger charge is 2.48. The molecule has 6 heteroatoms. The van der Waals surface area contributed by atoms with E-state index in [1.165, 1.54) is 21.8 Å². The van der Waals surface area contributed by atoms with Crippen LogP contribution < -0.4 is 4.90 Å². The van der Waals surface area contributed by atoms with Crippen LogP contribution in [0.25, 0.3) is 16.0 Å². The Balaban J connectivity index is 1.71. The van der Waals surface area contributed by atoms with E-state index in [-0.39, 0.29) is 11.3 Å². The van der Waals surface area contributed by atoms with Crippen LogP contribution in [0.15, 0.2) is 78.4 Å². The first-order valence-corrected chi connectivity index (χ1v) is 11.6. The van der Waals surface area contributed by atoms with Gasteiger partial charge in [0.15, 0.2) is 5.13 Å². The first-order chi connectivity index (χ1) is 16.0. The highest BCUT2D eigenvalue weighted by molar-refractivity contribution is 7.22. The number of nitrogens with zero attached hydrogens (tertiary/aromatic N) is 2. The van der Waals surface area contributed by atoms with Gasteiger partial charge in [-0.15, -0.1) is 0 Å². The van der Waals surface area contributed by atoms with Gasteiger partial charge in [0.1, 0.15) is 5.76 Å². The zero-order valence-corrected chi connectivity index (χ0v) is 19.1. The van der Waals surface area contributed by atoms with Gasteiger partial charge in [-0.1, -0.05) is 84.5 Å². The molecule has 33 heavy (non-hydrogen) atoms. The van der Waals surface area contributed by atoms with Crippen LogP contribution in [-0.2, 0) is 16.0 Å². The molecule has 0 saturated carbocycles. The summed E-state index contributed by atoms with van der Waals surface area (Å²) >= 11 is 1.38. The average molecular weight is 455 g/mol. The lowest BCUT2D eigenvalue weighted by Gasteiger charge is -2.22. The average Bonchev–Trinajstić information content (AvgIpc) is 3.37. The number of anilines is 1. The fourth-order valence-corrected chi connectivity index (χ4v) is 5.18. The molecule has 1 saturated heterocycles. The molecule has 1 aromatic heterocycles. The number of aliphatic hydroxyl groups is 1. The summed E-state index contributed by atoms with van der Waals surface area (Å²) in [6, 6.07) is 21.8. The Hall–Kier alpha value is -3.77. The minimum Gasteiger partial charge on any atom is -0.507 e. The molecule has 0 radical (unpaired) electrons. The number of hydrogen-bond acceptors (Lipinski definition) is 5. The Morgan fingerprint density at radius 1 is 1.03 bits per heavy atom. The predicted octanol–water partition coefficient (Wildman–Crippen LogP) is 5.79.